The molecule has 2 aliphatic heterocycles. The van der Waals surface area contributed by atoms with Crippen LogP contribution >= 0.6 is 0 Å². The minimum atomic E-state index is -1.04. The molecule has 0 saturated carbocycles. The number of carbonyl (C=O) groups is 1. The summed E-state index contributed by atoms with van der Waals surface area (Å²) in [5.41, 5.74) is -0.159. The van der Waals surface area contributed by atoms with E-state index in [2.05, 4.69) is 12.2 Å². The van der Waals surface area contributed by atoms with Gasteiger partial charge < -0.3 is 9.64 Å². The van der Waals surface area contributed by atoms with Crippen molar-refractivity contribution in [3.05, 3.63) is 100 Å². The predicted octanol–water partition coefficient (Wildman–Crippen LogP) is 3.82. The van der Waals surface area contributed by atoms with E-state index >= 15 is 4.39 Å². The van der Waals surface area contributed by atoms with Gasteiger partial charge in [-0.25, -0.2) is 13.2 Å². The van der Waals surface area contributed by atoms with E-state index in [1.165, 1.54) is 41.1 Å². The fourth-order valence-corrected chi connectivity index (χ4v) is 5.07. The highest BCUT2D eigenvalue weighted by atomic mass is 19.2. The lowest BCUT2D eigenvalue weighted by atomic mass is 9.79. The SMILES string of the molecule is [CH2]Oc1c2n(ncc1=O)[C@@H]([C@H](c1ccc(F)cc1)c1cccc(F)c1F)[C@H]1CCCN1C2=O. The summed E-state index contributed by atoms with van der Waals surface area (Å²) in [7, 11) is 3.30. The molecule has 1 saturated heterocycles. The number of benzene rings is 2. The molecule has 1 aromatic heterocycles. The quantitative estimate of drug-likeness (QED) is 0.601. The first kappa shape index (κ1) is 21.2. The normalized spacial score (nSPS) is 20.4. The van der Waals surface area contributed by atoms with Crippen LogP contribution < -0.4 is 10.2 Å². The van der Waals surface area contributed by atoms with E-state index in [9.17, 15) is 18.4 Å². The number of halogens is 3. The number of carbonyl (C=O) groups excluding carboxylic acids is 1. The molecule has 0 unspecified atom stereocenters. The van der Waals surface area contributed by atoms with Gasteiger partial charge in [0.1, 0.15) is 12.9 Å². The molecule has 3 atom stereocenters. The third-order valence-corrected chi connectivity index (χ3v) is 6.44. The Morgan fingerprint density at radius 3 is 2.58 bits per heavy atom. The lowest BCUT2D eigenvalue weighted by molar-refractivity contribution is 0.0564. The van der Waals surface area contributed by atoms with Gasteiger partial charge >= 0.3 is 0 Å². The van der Waals surface area contributed by atoms with Gasteiger partial charge in [-0.2, -0.15) is 5.10 Å². The first-order valence-electron chi connectivity index (χ1n) is 10.5. The van der Waals surface area contributed by atoms with E-state index < -0.39 is 46.8 Å². The van der Waals surface area contributed by atoms with Crippen molar-refractivity contribution in [3.63, 3.8) is 0 Å². The van der Waals surface area contributed by atoms with Gasteiger partial charge in [-0.1, -0.05) is 24.3 Å². The topological polar surface area (TPSA) is 64.4 Å². The molecule has 5 rings (SSSR count). The molecule has 2 aliphatic rings. The van der Waals surface area contributed by atoms with Gasteiger partial charge in [0.05, 0.1) is 18.3 Å². The second-order valence-electron chi connectivity index (χ2n) is 8.15. The monoisotopic (exact) mass is 454 g/mol. The zero-order valence-electron chi connectivity index (χ0n) is 17.4. The molecule has 33 heavy (non-hydrogen) atoms. The third kappa shape index (κ3) is 3.30. The maximum atomic E-state index is 15.1. The van der Waals surface area contributed by atoms with E-state index in [0.717, 1.165) is 12.3 Å². The molecular weight excluding hydrogens is 435 g/mol. The van der Waals surface area contributed by atoms with Gasteiger partial charge in [-0.3, -0.25) is 14.3 Å². The van der Waals surface area contributed by atoms with Gasteiger partial charge in [-0.05, 0) is 36.6 Å². The predicted molar refractivity (Wildman–Crippen MR) is 112 cm³/mol. The van der Waals surface area contributed by atoms with Crippen molar-refractivity contribution in [3.8, 4) is 5.75 Å². The average molecular weight is 454 g/mol. The Bertz CT molecular complexity index is 1290. The van der Waals surface area contributed by atoms with Gasteiger partial charge in [0.15, 0.2) is 23.1 Å². The van der Waals surface area contributed by atoms with Gasteiger partial charge in [0, 0.05) is 18.0 Å². The summed E-state index contributed by atoms with van der Waals surface area (Å²) >= 11 is 0. The summed E-state index contributed by atoms with van der Waals surface area (Å²) in [6.45, 7) is 0.432. The number of hydrogen-bond donors (Lipinski definition) is 0. The van der Waals surface area contributed by atoms with E-state index in [1.54, 1.807) is 4.90 Å². The number of rotatable bonds is 4. The highest BCUT2D eigenvalue weighted by Gasteiger charge is 2.48. The Morgan fingerprint density at radius 2 is 1.85 bits per heavy atom. The van der Waals surface area contributed by atoms with Gasteiger partial charge in [0.25, 0.3) is 5.91 Å². The van der Waals surface area contributed by atoms with Crippen LogP contribution in [0.1, 0.15) is 46.4 Å². The zero-order valence-corrected chi connectivity index (χ0v) is 17.4. The molecule has 3 aromatic rings. The van der Waals surface area contributed by atoms with Crippen molar-refractivity contribution < 1.29 is 22.7 Å². The Hall–Kier alpha value is -3.62. The van der Waals surface area contributed by atoms with Gasteiger partial charge in [0.2, 0.25) is 5.43 Å². The van der Waals surface area contributed by atoms with Crippen LogP contribution in [0, 0.1) is 24.6 Å². The van der Waals surface area contributed by atoms with Crippen molar-refractivity contribution in [1.82, 2.24) is 14.7 Å². The summed E-state index contributed by atoms with van der Waals surface area (Å²) in [4.78, 5) is 27.2. The molecule has 169 valence electrons. The van der Waals surface area contributed by atoms with E-state index in [1.807, 2.05) is 0 Å². The molecule has 0 N–H and O–H groups in total. The standard InChI is InChI=1S/C24H19F3N3O3/c1-33-23-18(31)12-28-30-21(17-6-3-11-29(17)24(32)22(23)30)19(13-7-9-14(25)10-8-13)15-4-2-5-16(26)20(15)27/h2,4-5,7-10,12,17,19,21H,1,3,6,11H2/t17-,19-,21-/m1/s1. The van der Waals surface area contributed by atoms with Crippen LogP contribution in [0.3, 0.4) is 0 Å². The largest absolute Gasteiger partial charge is 0.484 e. The summed E-state index contributed by atoms with van der Waals surface area (Å²) in [6.07, 6.45) is 2.30. The Balaban J connectivity index is 1.81. The second kappa shape index (κ2) is 8.06. The number of aromatic nitrogens is 2. The third-order valence-electron chi connectivity index (χ3n) is 6.44. The molecule has 1 fully saturated rings. The Labute approximate surface area is 187 Å². The van der Waals surface area contributed by atoms with Gasteiger partial charge in [-0.15, -0.1) is 0 Å². The fraction of sp³-hybridized carbons (Fsp3) is 0.250. The molecule has 1 amide bonds. The molecule has 2 aromatic carbocycles. The van der Waals surface area contributed by atoms with E-state index in [-0.39, 0.29) is 17.0 Å². The highest BCUT2D eigenvalue weighted by molar-refractivity contribution is 5.96. The maximum absolute atomic E-state index is 15.1. The van der Waals surface area contributed by atoms with Crippen molar-refractivity contribution >= 4 is 5.91 Å². The lowest BCUT2D eigenvalue weighted by Gasteiger charge is -2.42. The minimum absolute atomic E-state index is 0.0383. The number of amides is 1. The smallest absolute Gasteiger partial charge is 0.276 e. The molecule has 3 heterocycles. The number of ether oxygens (including phenoxy) is 1. The van der Waals surface area contributed by atoms with E-state index in [4.69, 9.17) is 4.74 Å². The maximum Gasteiger partial charge on any atom is 0.276 e. The molecule has 6 nitrogen and oxygen atoms in total. The summed E-state index contributed by atoms with van der Waals surface area (Å²) in [5.74, 6) is -4.08. The summed E-state index contributed by atoms with van der Waals surface area (Å²) in [5, 5.41) is 4.22. The molecule has 0 aliphatic carbocycles. The minimum Gasteiger partial charge on any atom is -0.484 e. The van der Waals surface area contributed by atoms with Crippen LogP contribution in [-0.4, -0.2) is 33.2 Å². The number of fused-ring (bicyclic) bond motifs is 2. The molecule has 0 spiro atoms. The van der Waals surface area contributed by atoms with Crippen LogP contribution in [0.4, 0.5) is 13.2 Å². The van der Waals surface area contributed by atoms with Crippen molar-refractivity contribution in [1.29, 1.82) is 0 Å². The van der Waals surface area contributed by atoms with Crippen LogP contribution in [-0.2, 0) is 0 Å². The number of hydrogen-bond acceptors (Lipinski definition) is 4. The van der Waals surface area contributed by atoms with Crippen molar-refractivity contribution in [2.24, 2.45) is 0 Å². The Morgan fingerprint density at radius 1 is 1.09 bits per heavy atom. The second-order valence-corrected chi connectivity index (χ2v) is 8.15. The summed E-state index contributed by atoms with van der Waals surface area (Å²) in [6, 6.07) is 8.24. The average Bonchev–Trinajstić information content (AvgIpc) is 3.30. The van der Waals surface area contributed by atoms with Crippen LogP contribution in [0.5, 0.6) is 5.75 Å². The van der Waals surface area contributed by atoms with Crippen LogP contribution in [0.15, 0.2) is 53.5 Å². The molecular formula is C24H19F3N3O3. The number of nitrogens with zero attached hydrogens (tertiary/aromatic N) is 3. The zero-order chi connectivity index (χ0) is 23.3. The van der Waals surface area contributed by atoms with Crippen molar-refractivity contribution in [2.75, 3.05) is 6.54 Å². The van der Waals surface area contributed by atoms with Crippen LogP contribution in [0.25, 0.3) is 0 Å². The Kier molecular flexibility index (Phi) is 5.19. The van der Waals surface area contributed by atoms with E-state index in [0.29, 0.717) is 24.9 Å². The highest BCUT2D eigenvalue weighted by Crippen LogP contribution is 2.46. The first-order valence-corrected chi connectivity index (χ1v) is 10.5. The molecule has 1 radical (unpaired) electrons. The fourth-order valence-electron chi connectivity index (χ4n) is 5.07. The first-order chi connectivity index (χ1) is 15.9. The molecule has 0 bridgehead atoms. The lowest BCUT2D eigenvalue weighted by Crippen LogP contribution is -2.51. The van der Waals surface area contributed by atoms with Crippen LogP contribution in [0.2, 0.25) is 0 Å². The summed E-state index contributed by atoms with van der Waals surface area (Å²) < 4.78 is 49.5. The van der Waals surface area contributed by atoms with Crippen molar-refractivity contribution in [2.45, 2.75) is 30.8 Å². The molecule has 9 heteroatoms.